The number of thioether (sulfide) groups is 1. The lowest BCUT2D eigenvalue weighted by molar-refractivity contribution is 0.186. The Morgan fingerprint density at radius 2 is 1.79 bits per heavy atom. The zero-order chi connectivity index (χ0) is 23.5. The summed E-state index contributed by atoms with van der Waals surface area (Å²) < 4.78 is 6.25. The van der Waals surface area contributed by atoms with E-state index in [1.165, 1.54) is 32.7 Å². The van der Waals surface area contributed by atoms with E-state index < -0.39 is 0 Å². The van der Waals surface area contributed by atoms with Crippen LogP contribution in [0.1, 0.15) is 49.8 Å². The molecule has 0 aliphatic carbocycles. The van der Waals surface area contributed by atoms with Gasteiger partial charge in [0.25, 0.3) is 0 Å². The number of benzene rings is 3. The van der Waals surface area contributed by atoms with Crippen molar-refractivity contribution in [3.05, 3.63) is 95.7 Å². The summed E-state index contributed by atoms with van der Waals surface area (Å²) in [4.78, 5) is 5.73. The molecule has 0 amide bonds. The van der Waals surface area contributed by atoms with Gasteiger partial charge in [0.2, 0.25) is 0 Å². The minimum absolute atomic E-state index is 0.270. The van der Waals surface area contributed by atoms with Crippen LogP contribution in [0, 0.1) is 0 Å². The van der Waals surface area contributed by atoms with E-state index in [-0.39, 0.29) is 6.10 Å². The number of nitrogens with two attached hydrogens (primary N) is 1. The van der Waals surface area contributed by atoms with Gasteiger partial charge in [-0.05, 0) is 83.1 Å². The molecule has 5 rings (SSSR count). The van der Waals surface area contributed by atoms with E-state index in [9.17, 15) is 0 Å². The van der Waals surface area contributed by atoms with Crippen molar-refractivity contribution in [2.45, 2.75) is 44.1 Å². The van der Waals surface area contributed by atoms with Gasteiger partial charge in [0.15, 0.2) is 0 Å². The topological polar surface area (TPSA) is 48.1 Å². The molecule has 4 aromatic rings. The van der Waals surface area contributed by atoms with Crippen molar-refractivity contribution in [3.8, 4) is 5.75 Å². The summed E-state index contributed by atoms with van der Waals surface area (Å²) in [5, 5.41) is 1.16. The third-order valence-corrected chi connectivity index (χ3v) is 7.49. The number of hydrogen-bond acceptors (Lipinski definition) is 4. The predicted molar refractivity (Wildman–Crippen MR) is 145 cm³/mol. The second-order valence-electron chi connectivity index (χ2n) is 8.77. The van der Waals surface area contributed by atoms with E-state index >= 15 is 0 Å². The molecule has 172 valence electrons. The van der Waals surface area contributed by atoms with Crippen molar-refractivity contribution in [3.63, 3.8) is 0 Å². The fraction of sp³-hybridized carbons (Fsp3) is 0.233. The van der Waals surface area contributed by atoms with Crippen molar-refractivity contribution in [2.24, 2.45) is 0 Å². The van der Waals surface area contributed by atoms with Gasteiger partial charge in [-0.2, -0.15) is 0 Å². The fourth-order valence-corrected chi connectivity index (χ4v) is 5.79. The van der Waals surface area contributed by atoms with Gasteiger partial charge in [-0.25, -0.2) is 0 Å². The first-order valence-corrected chi connectivity index (χ1v) is 13.0. The molecule has 0 bridgehead atoms. The van der Waals surface area contributed by atoms with Crippen LogP contribution in [0.3, 0.4) is 0 Å². The SMILES string of the molecule is CCCC(CC)Oc1ccc(C2=C(c3ccc4ncccc4c3)CSc3cc(N)ccc32)cc1. The van der Waals surface area contributed by atoms with Crippen LogP contribution in [0.15, 0.2) is 83.9 Å². The Labute approximate surface area is 206 Å². The number of rotatable bonds is 7. The van der Waals surface area contributed by atoms with Crippen LogP contribution in [-0.4, -0.2) is 16.8 Å². The normalized spacial score (nSPS) is 14.2. The lowest BCUT2D eigenvalue weighted by atomic mass is 9.89. The van der Waals surface area contributed by atoms with Crippen LogP contribution in [0.2, 0.25) is 0 Å². The van der Waals surface area contributed by atoms with E-state index in [1.807, 2.05) is 30.1 Å². The summed E-state index contributed by atoms with van der Waals surface area (Å²) in [7, 11) is 0. The minimum atomic E-state index is 0.270. The molecule has 0 fully saturated rings. The zero-order valence-electron chi connectivity index (χ0n) is 19.8. The molecule has 1 aromatic heterocycles. The predicted octanol–water partition coefficient (Wildman–Crippen LogP) is 7.84. The Hall–Kier alpha value is -3.24. The molecule has 1 atom stereocenters. The highest BCUT2D eigenvalue weighted by Crippen LogP contribution is 2.45. The van der Waals surface area contributed by atoms with Gasteiger partial charge in [0.1, 0.15) is 5.75 Å². The van der Waals surface area contributed by atoms with Crippen LogP contribution < -0.4 is 10.5 Å². The molecule has 0 spiro atoms. The lowest BCUT2D eigenvalue weighted by Crippen LogP contribution is -2.14. The van der Waals surface area contributed by atoms with Crippen molar-refractivity contribution < 1.29 is 4.74 Å². The number of nitrogens with zero attached hydrogens (tertiary/aromatic N) is 1. The number of ether oxygens (including phenoxy) is 1. The van der Waals surface area contributed by atoms with Crippen LogP contribution in [-0.2, 0) is 0 Å². The molecule has 1 aliphatic rings. The fourth-order valence-electron chi connectivity index (χ4n) is 4.63. The summed E-state index contributed by atoms with van der Waals surface area (Å²) in [6.07, 6.45) is 5.35. The van der Waals surface area contributed by atoms with E-state index in [0.29, 0.717) is 0 Å². The second-order valence-corrected chi connectivity index (χ2v) is 9.79. The van der Waals surface area contributed by atoms with Crippen LogP contribution >= 0.6 is 11.8 Å². The van der Waals surface area contributed by atoms with E-state index in [2.05, 4.69) is 79.5 Å². The van der Waals surface area contributed by atoms with E-state index in [4.69, 9.17) is 10.5 Å². The highest BCUT2D eigenvalue weighted by Gasteiger charge is 2.23. The molecule has 2 N–H and O–H groups in total. The molecule has 3 aromatic carbocycles. The van der Waals surface area contributed by atoms with Gasteiger partial charge in [-0.15, -0.1) is 11.8 Å². The summed E-state index contributed by atoms with van der Waals surface area (Å²) >= 11 is 1.85. The smallest absolute Gasteiger partial charge is 0.119 e. The monoisotopic (exact) mass is 466 g/mol. The largest absolute Gasteiger partial charge is 0.490 e. The molecule has 1 unspecified atom stereocenters. The van der Waals surface area contributed by atoms with Crippen molar-refractivity contribution >= 4 is 39.5 Å². The number of fused-ring (bicyclic) bond motifs is 2. The summed E-state index contributed by atoms with van der Waals surface area (Å²) in [6, 6.07) is 25.6. The maximum absolute atomic E-state index is 6.25. The Morgan fingerprint density at radius 1 is 0.971 bits per heavy atom. The van der Waals surface area contributed by atoms with E-state index in [0.717, 1.165) is 47.4 Å². The average molecular weight is 467 g/mol. The number of pyridine rings is 1. The van der Waals surface area contributed by atoms with Gasteiger partial charge in [0, 0.05) is 27.9 Å². The van der Waals surface area contributed by atoms with Gasteiger partial charge < -0.3 is 10.5 Å². The van der Waals surface area contributed by atoms with Crippen LogP contribution in [0.25, 0.3) is 22.0 Å². The first-order chi connectivity index (χ1) is 16.7. The van der Waals surface area contributed by atoms with Crippen LogP contribution in [0.5, 0.6) is 5.75 Å². The van der Waals surface area contributed by atoms with Gasteiger partial charge in [-0.3, -0.25) is 4.98 Å². The van der Waals surface area contributed by atoms with Gasteiger partial charge in [0.05, 0.1) is 11.6 Å². The molecule has 1 aliphatic heterocycles. The molecule has 3 nitrogen and oxygen atoms in total. The standard InChI is InChI=1S/C30H30N2OS/c1-3-6-24(4-2)33-25-12-8-20(9-13-25)30-26-14-11-23(31)18-29(26)34-19-27(30)21-10-15-28-22(17-21)7-5-16-32-28/h5,7-18,24H,3-4,6,19,31H2,1-2H3. The maximum Gasteiger partial charge on any atom is 0.119 e. The number of hydrogen-bond donors (Lipinski definition) is 1. The van der Waals surface area contributed by atoms with Gasteiger partial charge >= 0.3 is 0 Å². The quantitative estimate of drug-likeness (QED) is 0.282. The van der Waals surface area contributed by atoms with E-state index in [1.54, 1.807) is 0 Å². The Kier molecular flexibility index (Phi) is 6.59. The summed E-state index contributed by atoms with van der Waals surface area (Å²) in [6.45, 7) is 4.39. The number of nitrogen functional groups attached to an aromatic ring is 1. The Bertz CT molecular complexity index is 1340. The average Bonchev–Trinajstić information content (AvgIpc) is 2.88. The number of anilines is 1. The zero-order valence-corrected chi connectivity index (χ0v) is 20.6. The molecule has 34 heavy (non-hydrogen) atoms. The molecule has 2 heterocycles. The lowest BCUT2D eigenvalue weighted by Gasteiger charge is -2.25. The summed E-state index contributed by atoms with van der Waals surface area (Å²) in [5.74, 6) is 1.83. The maximum atomic E-state index is 6.25. The molecule has 4 heteroatoms. The Balaban J connectivity index is 1.60. The molecular weight excluding hydrogens is 436 g/mol. The summed E-state index contributed by atoms with van der Waals surface area (Å²) in [5.41, 5.74) is 14.2. The van der Waals surface area contributed by atoms with Crippen molar-refractivity contribution in [1.29, 1.82) is 0 Å². The first kappa shape index (κ1) is 22.5. The molecule has 0 saturated carbocycles. The van der Waals surface area contributed by atoms with Crippen molar-refractivity contribution in [1.82, 2.24) is 4.98 Å². The Morgan fingerprint density at radius 3 is 2.59 bits per heavy atom. The third kappa shape index (κ3) is 4.55. The number of aromatic nitrogens is 1. The molecular formula is C30H30N2OS. The molecule has 0 saturated heterocycles. The van der Waals surface area contributed by atoms with Gasteiger partial charge in [-0.1, -0.05) is 50.6 Å². The third-order valence-electron chi connectivity index (χ3n) is 6.41. The highest BCUT2D eigenvalue weighted by atomic mass is 32.2. The minimum Gasteiger partial charge on any atom is -0.490 e. The van der Waals surface area contributed by atoms with Crippen molar-refractivity contribution in [2.75, 3.05) is 11.5 Å². The van der Waals surface area contributed by atoms with Crippen LogP contribution in [0.4, 0.5) is 5.69 Å². The molecule has 0 radical (unpaired) electrons. The second kappa shape index (κ2) is 9.94. The first-order valence-electron chi connectivity index (χ1n) is 12.0. The highest BCUT2D eigenvalue weighted by molar-refractivity contribution is 7.99.